The van der Waals surface area contributed by atoms with E-state index in [0.29, 0.717) is 11.3 Å². The fourth-order valence-corrected chi connectivity index (χ4v) is 1.61. The van der Waals surface area contributed by atoms with Crippen molar-refractivity contribution < 1.29 is 9.53 Å². The summed E-state index contributed by atoms with van der Waals surface area (Å²) in [4.78, 5) is 11.8. The van der Waals surface area contributed by atoms with Crippen LogP contribution in [0.25, 0.3) is 0 Å². The number of hydrogen-bond donors (Lipinski definition) is 1. The summed E-state index contributed by atoms with van der Waals surface area (Å²) >= 11 is 0. The van der Waals surface area contributed by atoms with Crippen LogP contribution in [0.2, 0.25) is 0 Å². The minimum atomic E-state index is -0.511. The number of carbonyl (C=O) groups excluding carboxylic acids is 1. The maximum atomic E-state index is 11.8. The first-order valence-electron chi connectivity index (χ1n) is 6.22. The monoisotopic (exact) mass is 266 g/mol. The van der Waals surface area contributed by atoms with Gasteiger partial charge in [0, 0.05) is 5.56 Å². The molecule has 0 aliphatic carbocycles. The standard InChI is InChI=1S/C16H14N2O2/c1-12(11-17)18-16(19)13-7-9-15(10-8-13)20-14-5-3-2-4-6-14/h2-10,12H,1H3,(H,18,19). The van der Waals surface area contributed by atoms with Gasteiger partial charge in [-0.15, -0.1) is 0 Å². The molecule has 2 aromatic rings. The number of nitriles is 1. The van der Waals surface area contributed by atoms with Crippen LogP contribution in [0.1, 0.15) is 17.3 Å². The summed E-state index contributed by atoms with van der Waals surface area (Å²) in [5.41, 5.74) is 0.493. The molecule has 0 bridgehead atoms. The van der Waals surface area contributed by atoms with Crippen molar-refractivity contribution in [2.75, 3.05) is 0 Å². The zero-order valence-corrected chi connectivity index (χ0v) is 11.0. The van der Waals surface area contributed by atoms with Crippen LogP contribution in [0, 0.1) is 11.3 Å². The molecule has 0 heterocycles. The molecule has 1 N–H and O–H groups in total. The molecule has 0 aliphatic heterocycles. The number of nitrogens with one attached hydrogen (secondary N) is 1. The molecule has 1 atom stereocenters. The highest BCUT2D eigenvalue weighted by molar-refractivity contribution is 5.94. The van der Waals surface area contributed by atoms with Crippen molar-refractivity contribution in [2.45, 2.75) is 13.0 Å². The Morgan fingerprint density at radius 2 is 1.70 bits per heavy atom. The molecule has 1 unspecified atom stereocenters. The van der Waals surface area contributed by atoms with Gasteiger partial charge in [0.1, 0.15) is 17.5 Å². The second kappa shape index (κ2) is 6.39. The highest BCUT2D eigenvalue weighted by Gasteiger charge is 2.08. The third kappa shape index (κ3) is 3.59. The molecule has 4 heteroatoms. The molecular formula is C16H14N2O2. The minimum absolute atomic E-state index is 0.273. The number of carbonyl (C=O) groups is 1. The van der Waals surface area contributed by atoms with Crippen LogP contribution in [0.3, 0.4) is 0 Å². The molecule has 1 amide bonds. The molecule has 0 spiro atoms. The Morgan fingerprint density at radius 3 is 2.30 bits per heavy atom. The van der Waals surface area contributed by atoms with Crippen LogP contribution in [0.4, 0.5) is 0 Å². The average Bonchev–Trinajstić information content (AvgIpc) is 2.49. The van der Waals surface area contributed by atoms with Gasteiger partial charge < -0.3 is 10.1 Å². The van der Waals surface area contributed by atoms with E-state index in [9.17, 15) is 4.79 Å². The summed E-state index contributed by atoms with van der Waals surface area (Å²) in [7, 11) is 0. The van der Waals surface area contributed by atoms with Gasteiger partial charge in [0.15, 0.2) is 0 Å². The van der Waals surface area contributed by atoms with E-state index >= 15 is 0 Å². The summed E-state index contributed by atoms with van der Waals surface area (Å²) < 4.78 is 5.63. The smallest absolute Gasteiger partial charge is 0.252 e. The van der Waals surface area contributed by atoms with Gasteiger partial charge in [-0.05, 0) is 43.3 Å². The third-order valence-corrected chi connectivity index (χ3v) is 2.64. The van der Waals surface area contributed by atoms with Crippen molar-refractivity contribution in [3.63, 3.8) is 0 Å². The topological polar surface area (TPSA) is 62.1 Å². The predicted molar refractivity (Wildman–Crippen MR) is 75.5 cm³/mol. The Balaban J connectivity index is 2.03. The normalized spacial score (nSPS) is 11.2. The van der Waals surface area contributed by atoms with Gasteiger partial charge in [-0.3, -0.25) is 4.79 Å². The molecule has 0 saturated carbocycles. The molecule has 2 aromatic carbocycles. The Bertz CT molecular complexity index is 615. The molecule has 0 aliphatic rings. The van der Waals surface area contributed by atoms with E-state index < -0.39 is 6.04 Å². The molecule has 4 nitrogen and oxygen atoms in total. The van der Waals surface area contributed by atoms with E-state index in [1.807, 2.05) is 36.4 Å². The summed E-state index contributed by atoms with van der Waals surface area (Å²) in [6.45, 7) is 1.63. The van der Waals surface area contributed by atoms with Crippen LogP contribution >= 0.6 is 0 Å². The molecular weight excluding hydrogens is 252 g/mol. The van der Waals surface area contributed by atoms with Gasteiger partial charge in [-0.1, -0.05) is 18.2 Å². The summed E-state index contributed by atoms with van der Waals surface area (Å²) in [5.74, 6) is 1.12. The molecule has 100 valence electrons. The van der Waals surface area contributed by atoms with Crippen molar-refractivity contribution in [1.29, 1.82) is 5.26 Å². The van der Waals surface area contributed by atoms with Gasteiger partial charge in [0.25, 0.3) is 5.91 Å². The molecule has 0 fully saturated rings. The van der Waals surface area contributed by atoms with E-state index in [-0.39, 0.29) is 5.91 Å². The number of para-hydroxylation sites is 1. The molecule has 0 saturated heterocycles. The molecule has 20 heavy (non-hydrogen) atoms. The first-order valence-corrected chi connectivity index (χ1v) is 6.22. The van der Waals surface area contributed by atoms with E-state index in [1.165, 1.54) is 0 Å². The fraction of sp³-hybridized carbons (Fsp3) is 0.125. The van der Waals surface area contributed by atoms with E-state index in [0.717, 1.165) is 5.75 Å². The maximum Gasteiger partial charge on any atom is 0.252 e. The van der Waals surface area contributed by atoms with Crippen molar-refractivity contribution in [3.05, 3.63) is 60.2 Å². The SMILES string of the molecule is CC(C#N)NC(=O)c1ccc(Oc2ccccc2)cc1. The largest absolute Gasteiger partial charge is 0.457 e. The highest BCUT2D eigenvalue weighted by atomic mass is 16.5. The number of ether oxygens (including phenoxy) is 1. The number of benzene rings is 2. The second-order valence-electron chi connectivity index (χ2n) is 4.26. The van der Waals surface area contributed by atoms with Crippen molar-refractivity contribution in [1.82, 2.24) is 5.32 Å². The Hall–Kier alpha value is -2.80. The molecule has 0 radical (unpaired) electrons. The zero-order valence-electron chi connectivity index (χ0n) is 11.0. The molecule has 2 rings (SSSR count). The first-order chi connectivity index (χ1) is 9.69. The van der Waals surface area contributed by atoms with Gasteiger partial charge in [-0.25, -0.2) is 0 Å². The van der Waals surface area contributed by atoms with Crippen LogP contribution in [0.5, 0.6) is 11.5 Å². The summed E-state index contributed by atoms with van der Waals surface area (Å²) in [6.07, 6.45) is 0. The van der Waals surface area contributed by atoms with Crippen LogP contribution in [-0.2, 0) is 0 Å². The van der Waals surface area contributed by atoms with Crippen molar-refractivity contribution >= 4 is 5.91 Å². The van der Waals surface area contributed by atoms with Crippen molar-refractivity contribution in [2.24, 2.45) is 0 Å². The Labute approximate surface area is 117 Å². The Morgan fingerprint density at radius 1 is 1.10 bits per heavy atom. The van der Waals surface area contributed by atoms with Gasteiger partial charge in [-0.2, -0.15) is 5.26 Å². The van der Waals surface area contributed by atoms with Gasteiger partial charge >= 0.3 is 0 Å². The lowest BCUT2D eigenvalue weighted by atomic mass is 10.2. The summed E-state index contributed by atoms with van der Waals surface area (Å²) in [6, 6.07) is 17.6. The van der Waals surface area contributed by atoms with Crippen LogP contribution in [0.15, 0.2) is 54.6 Å². The number of rotatable bonds is 4. The fourth-order valence-electron chi connectivity index (χ4n) is 1.61. The Kier molecular flexibility index (Phi) is 4.35. The second-order valence-corrected chi connectivity index (χ2v) is 4.26. The minimum Gasteiger partial charge on any atom is -0.457 e. The lowest BCUT2D eigenvalue weighted by Crippen LogP contribution is -2.31. The predicted octanol–water partition coefficient (Wildman–Crippen LogP) is 3.12. The van der Waals surface area contributed by atoms with Crippen molar-refractivity contribution in [3.8, 4) is 17.6 Å². The first kappa shape index (κ1) is 13.6. The maximum absolute atomic E-state index is 11.8. The highest BCUT2D eigenvalue weighted by Crippen LogP contribution is 2.21. The quantitative estimate of drug-likeness (QED) is 0.924. The van der Waals surface area contributed by atoms with E-state index in [4.69, 9.17) is 10.00 Å². The average molecular weight is 266 g/mol. The third-order valence-electron chi connectivity index (χ3n) is 2.64. The van der Waals surface area contributed by atoms with E-state index in [2.05, 4.69) is 5.32 Å². The molecule has 0 aromatic heterocycles. The van der Waals surface area contributed by atoms with E-state index in [1.54, 1.807) is 31.2 Å². The van der Waals surface area contributed by atoms with Crippen LogP contribution < -0.4 is 10.1 Å². The zero-order chi connectivity index (χ0) is 14.4. The number of hydrogen-bond acceptors (Lipinski definition) is 3. The summed E-state index contributed by atoms with van der Waals surface area (Å²) in [5, 5.41) is 11.2. The lowest BCUT2D eigenvalue weighted by Gasteiger charge is -2.08. The lowest BCUT2D eigenvalue weighted by molar-refractivity contribution is 0.0948. The van der Waals surface area contributed by atoms with Crippen LogP contribution in [-0.4, -0.2) is 11.9 Å². The van der Waals surface area contributed by atoms with Gasteiger partial charge in [0.2, 0.25) is 0 Å². The number of nitrogens with zero attached hydrogens (tertiary/aromatic N) is 1. The number of amides is 1. The van der Waals surface area contributed by atoms with Gasteiger partial charge in [0.05, 0.1) is 6.07 Å².